The molecule has 2 N–H and O–H groups in total. The van der Waals surface area contributed by atoms with Gasteiger partial charge in [0.15, 0.2) is 5.82 Å². The average Bonchev–Trinajstić information content (AvgIpc) is 3.37. The molecule has 12 heteroatoms. The lowest BCUT2D eigenvalue weighted by Crippen LogP contribution is -2.21. The van der Waals surface area contributed by atoms with Gasteiger partial charge in [0.05, 0.1) is 27.5 Å². The maximum Gasteiger partial charge on any atom is 0.221 e. The van der Waals surface area contributed by atoms with E-state index in [0.29, 0.717) is 45.2 Å². The summed E-state index contributed by atoms with van der Waals surface area (Å²) in [6.07, 6.45) is 4.36. The van der Waals surface area contributed by atoms with Gasteiger partial charge in [0, 0.05) is 36.8 Å². The lowest BCUT2D eigenvalue weighted by Gasteiger charge is -2.22. The SMILES string of the molecule is CCCCC(CC)OCNc1cc(Cl)c(-n2nc(C(C)(C)C)c(C#N)c2/N=N/c2ccc(N(CC)CC)cc2NC(C)=O)c(Cl)c1. The van der Waals surface area contributed by atoms with E-state index in [1.54, 1.807) is 18.2 Å². The monoisotopic (exact) mass is 668 g/mol. The number of nitrogens with one attached hydrogen (secondary N) is 2. The number of benzene rings is 2. The van der Waals surface area contributed by atoms with Crippen molar-refractivity contribution in [1.29, 1.82) is 5.26 Å². The molecule has 1 amide bonds. The minimum absolute atomic E-state index is 0.170. The van der Waals surface area contributed by atoms with Gasteiger partial charge in [0.2, 0.25) is 5.91 Å². The Hall–Kier alpha value is -3.65. The van der Waals surface area contributed by atoms with E-state index in [1.807, 2.05) is 32.9 Å². The van der Waals surface area contributed by atoms with Crippen LogP contribution in [0.25, 0.3) is 5.69 Å². The quantitative estimate of drug-likeness (QED) is 0.123. The molecule has 0 fully saturated rings. The molecular formula is C34H46Cl2N8O2. The number of aromatic nitrogens is 2. The number of ether oxygens (including phenoxy) is 1. The van der Waals surface area contributed by atoms with Crippen LogP contribution < -0.4 is 15.5 Å². The van der Waals surface area contributed by atoms with Crippen molar-refractivity contribution < 1.29 is 9.53 Å². The number of azo groups is 1. The largest absolute Gasteiger partial charge is 0.372 e. The summed E-state index contributed by atoms with van der Waals surface area (Å²) < 4.78 is 7.48. The van der Waals surface area contributed by atoms with E-state index in [4.69, 9.17) is 33.0 Å². The minimum Gasteiger partial charge on any atom is -0.372 e. The maximum absolute atomic E-state index is 12.1. The Morgan fingerprint density at radius 1 is 1.11 bits per heavy atom. The standard InChI is InChI=1S/C34H46Cl2N8O2/c1-9-13-14-25(10-2)46-21-38-23-17-27(35)31(28(36)18-23)44-33(26(20-37)32(42-44)34(6,7)8)41-40-29-16-15-24(43(11-3)12-4)19-30(29)39-22(5)45/h15-19,25,38H,9-14,21H2,1-8H3,(H,39,45)/b41-40+. The fourth-order valence-electron chi connectivity index (χ4n) is 5.02. The molecule has 1 aromatic heterocycles. The van der Waals surface area contributed by atoms with Crippen LogP contribution >= 0.6 is 23.2 Å². The topological polar surface area (TPSA) is 120 Å². The number of carbonyl (C=O) groups is 1. The van der Waals surface area contributed by atoms with Crippen molar-refractivity contribution in [2.75, 3.05) is 35.4 Å². The van der Waals surface area contributed by atoms with Gasteiger partial charge in [-0.25, -0.2) is 4.68 Å². The Bertz CT molecular complexity index is 1550. The van der Waals surface area contributed by atoms with Crippen molar-refractivity contribution >= 4 is 57.7 Å². The van der Waals surface area contributed by atoms with Crippen molar-refractivity contribution in [3.63, 3.8) is 0 Å². The van der Waals surface area contributed by atoms with E-state index < -0.39 is 5.41 Å². The highest BCUT2D eigenvalue weighted by Crippen LogP contribution is 2.40. The highest BCUT2D eigenvalue weighted by atomic mass is 35.5. The first kappa shape index (κ1) is 36.8. The molecule has 10 nitrogen and oxygen atoms in total. The zero-order valence-electron chi connectivity index (χ0n) is 28.2. The number of hydrogen-bond acceptors (Lipinski definition) is 8. The van der Waals surface area contributed by atoms with E-state index in [2.05, 4.69) is 59.5 Å². The zero-order chi connectivity index (χ0) is 34.0. The molecule has 0 spiro atoms. The van der Waals surface area contributed by atoms with Gasteiger partial charge in [0.25, 0.3) is 0 Å². The molecule has 0 bridgehead atoms. The number of carbonyl (C=O) groups excluding carboxylic acids is 1. The van der Waals surface area contributed by atoms with Crippen LogP contribution in [0.15, 0.2) is 40.6 Å². The minimum atomic E-state index is -0.501. The van der Waals surface area contributed by atoms with Gasteiger partial charge in [-0.2, -0.15) is 10.4 Å². The fourth-order valence-corrected chi connectivity index (χ4v) is 5.67. The van der Waals surface area contributed by atoms with E-state index in [9.17, 15) is 10.1 Å². The summed E-state index contributed by atoms with van der Waals surface area (Å²) in [7, 11) is 0. The molecule has 0 saturated carbocycles. The zero-order valence-corrected chi connectivity index (χ0v) is 29.7. The number of halogens is 2. The summed E-state index contributed by atoms with van der Waals surface area (Å²) in [4.78, 5) is 14.2. The van der Waals surface area contributed by atoms with E-state index >= 15 is 0 Å². The fraction of sp³-hybridized carbons (Fsp3) is 0.500. The predicted molar refractivity (Wildman–Crippen MR) is 189 cm³/mol. The number of anilines is 3. The molecule has 1 atom stereocenters. The first-order valence-corrected chi connectivity index (χ1v) is 16.6. The summed E-state index contributed by atoms with van der Waals surface area (Å²) in [5.41, 5.74) is 3.17. The third-order valence-corrected chi connectivity index (χ3v) is 8.09. The first-order valence-electron chi connectivity index (χ1n) is 15.8. The molecule has 0 saturated heterocycles. The third-order valence-electron chi connectivity index (χ3n) is 7.51. The molecule has 0 aliphatic carbocycles. The van der Waals surface area contributed by atoms with Crippen LogP contribution in [0.3, 0.4) is 0 Å². The Morgan fingerprint density at radius 2 is 1.78 bits per heavy atom. The Kier molecular flexibility index (Phi) is 13.4. The lowest BCUT2D eigenvalue weighted by molar-refractivity contribution is -0.114. The Morgan fingerprint density at radius 3 is 2.33 bits per heavy atom. The third kappa shape index (κ3) is 9.21. The van der Waals surface area contributed by atoms with Crippen LogP contribution in [-0.4, -0.2) is 41.6 Å². The smallest absolute Gasteiger partial charge is 0.221 e. The molecule has 0 aliphatic rings. The van der Waals surface area contributed by atoms with E-state index in [-0.39, 0.29) is 23.4 Å². The second-order valence-corrected chi connectivity index (χ2v) is 12.8. The Labute approximate surface area is 283 Å². The van der Waals surface area contributed by atoms with Crippen molar-refractivity contribution in [3.8, 4) is 11.8 Å². The van der Waals surface area contributed by atoms with E-state index in [1.165, 1.54) is 11.6 Å². The summed E-state index contributed by atoms with van der Waals surface area (Å²) >= 11 is 13.7. The molecule has 3 aromatic rings. The molecule has 2 aromatic carbocycles. The van der Waals surface area contributed by atoms with Gasteiger partial charge in [-0.3, -0.25) is 4.79 Å². The van der Waals surface area contributed by atoms with Crippen LogP contribution in [0.2, 0.25) is 10.0 Å². The van der Waals surface area contributed by atoms with Crippen molar-refractivity contribution in [3.05, 3.63) is 51.6 Å². The second kappa shape index (κ2) is 16.8. The highest BCUT2D eigenvalue weighted by Gasteiger charge is 2.29. The number of nitrogens with zero attached hydrogens (tertiary/aromatic N) is 6. The summed E-state index contributed by atoms with van der Waals surface area (Å²) in [5.74, 6) is -0.0710. The molecule has 46 heavy (non-hydrogen) atoms. The number of rotatable bonds is 15. The van der Waals surface area contributed by atoms with Gasteiger partial charge < -0.3 is 20.3 Å². The van der Waals surface area contributed by atoms with Crippen LogP contribution in [0.5, 0.6) is 0 Å². The summed E-state index contributed by atoms with van der Waals surface area (Å²) in [6, 6.07) is 11.3. The molecule has 1 unspecified atom stereocenters. The highest BCUT2D eigenvalue weighted by molar-refractivity contribution is 6.38. The van der Waals surface area contributed by atoms with Gasteiger partial charge in [-0.15, -0.1) is 10.2 Å². The number of amides is 1. The molecule has 0 radical (unpaired) electrons. The second-order valence-electron chi connectivity index (χ2n) is 12.0. The number of hydrogen-bond donors (Lipinski definition) is 2. The number of nitriles is 1. The van der Waals surface area contributed by atoms with Gasteiger partial charge >= 0.3 is 0 Å². The predicted octanol–water partition coefficient (Wildman–Crippen LogP) is 9.92. The molecule has 3 rings (SSSR count). The van der Waals surface area contributed by atoms with Gasteiger partial charge in [-0.05, 0) is 57.0 Å². The first-order chi connectivity index (χ1) is 21.9. The van der Waals surface area contributed by atoms with Crippen LogP contribution in [-0.2, 0) is 14.9 Å². The molecule has 1 heterocycles. The van der Waals surface area contributed by atoms with Crippen molar-refractivity contribution in [1.82, 2.24) is 9.78 Å². The lowest BCUT2D eigenvalue weighted by atomic mass is 9.90. The molecular weight excluding hydrogens is 623 g/mol. The van der Waals surface area contributed by atoms with E-state index in [0.717, 1.165) is 44.5 Å². The van der Waals surface area contributed by atoms with Crippen LogP contribution in [0, 0.1) is 11.3 Å². The van der Waals surface area contributed by atoms with Crippen LogP contribution in [0.1, 0.15) is 92.3 Å². The maximum atomic E-state index is 12.1. The van der Waals surface area contributed by atoms with Crippen LogP contribution in [0.4, 0.5) is 28.6 Å². The summed E-state index contributed by atoms with van der Waals surface area (Å²) in [6.45, 7) is 17.7. The molecule has 0 aliphatic heterocycles. The van der Waals surface area contributed by atoms with Crippen molar-refractivity contribution in [2.45, 2.75) is 92.6 Å². The summed E-state index contributed by atoms with van der Waals surface area (Å²) in [5, 5.41) is 30.8. The number of unbranched alkanes of at least 4 members (excludes halogenated alkanes) is 1. The normalized spacial score (nSPS) is 12.3. The molecule has 248 valence electrons. The van der Waals surface area contributed by atoms with Gasteiger partial charge in [0.1, 0.15) is 29.7 Å². The Balaban J connectivity index is 2.08. The average molecular weight is 670 g/mol. The van der Waals surface area contributed by atoms with Crippen molar-refractivity contribution in [2.24, 2.45) is 10.2 Å². The van der Waals surface area contributed by atoms with Gasteiger partial charge in [-0.1, -0.05) is 70.7 Å².